The molecule has 2 heterocycles. The van der Waals surface area contributed by atoms with Crippen LogP contribution in [0.3, 0.4) is 0 Å². The van der Waals surface area contributed by atoms with E-state index in [1.807, 2.05) is 47.7 Å². The third kappa shape index (κ3) is 2.05. The van der Waals surface area contributed by atoms with Crippen molar-refractivity contribution in [2.45, 2.75) is 26.7 Å². The molecular weight excluding hydrogens is 300 g/mol. The Hall–Kier alpha value is -2.95. The summed E-state index contributed by atoms with van der Waals surface area (Å²) >= 11 is 0. The summed E-state index contributed by atoms with van der Waals surface area (Å²) in [6.45, 7) is 6.19. The highest BCUT2D eigenvalue weighted by atomic mass is 16.1. The molecule has 2 aromatic carbocycles. The molecule has 0 amide bonds. The van der Waals surface area contributed by atoms with E-state index < -0.39 is 0 Å². The van der Waals surface area contributed by atoms with Crippen LogP contribution < -0.4 is 5.56 Å². The smallest absolute Gasteiger partial charge is 0.267 e. The molecule has 2 aromatic heterocycles. The van der Waals surface area contributed by atoms with E-state index in [1.165, 1.54) is 5.56 Å². The number of aromatic nitrogens is 4. The molecule has 0 N–H and O–H groups in total. The third-order valence-corrected chi connectivity index (χ3v) is 4.40. The predicted octanol–water partition coefficient (Wildman–Crippen LogP) is 3.47. The summed E-state index contributed by atoms with van der Waals surface area (Å²) < 4.78 is 3.56. The minimum Gasteiger partial charge on any atom is -0.268 e. The van der Waals surface area contributed by atoms with Gasteiger partial charge in [0.1, 0.15) is 5.82 Å². The maximum atomic E-state index is 13.1. The molecule has 0 atom stereocenters. The Labute approximate surface area is 139 Å². The van der Waals surface area contributed by atoms with Gasteiger partial charge in [-0.2, -0.15) is 0 Å². The van der Waals surface area contributed by atoms with Crippen LogP contribution in [-0.4, -0.2) is 19.2 Å². The summed E-state index contributed by atoms with van der Waals surface area (Å²) in [7, 11) is 0. The van der Waals surface area contributed by atoms with Gasteiger partial charge in [-0.25, -0.2) is 4.57 Å². The average Bonchev–Trinajstić information content (AvgIpc) is 2.97. The molecule has 0 aliphatic rings. The second-order valence-corrected chi connectivity index (χ2v) is 6.29. The summed E-state index contributed by atoms with van der Waals surface area (Å²) in [4.78, 5) is 13.1. The van der Waals surface area contributed by atoms with Gasteiger partial charge in [-0.05, 0) is 42.7 Å². The van der Waals surface area contributed by atoms with E-state index in [9.17, 15) is 4.79 Å². The third-order valence-electron chi connectivity index (χ3n) is 4.40. The highest BCUT2D eigenvalue weighted by molar-refractivity contribution is 5.81. The molecule has 0 aliphatic carbocycles. The largest absolute Gasteiger partial charge is 0.268 e. The molecule has 0 spiro atoms. The lowest BCUT2D eigenvalue weighted by Crippen LogP contribution is -2.21. The van der Waals surface area contributed by atoms with Crippen LogP contribution >= 0.6 is 0 Å². The molecule has 4 rings (SSSR count). The summed E-state index contributed by atoms with van der Waals surface area (Å²) in [6.07, 6.45) is 0. The zero-order valence-corrected chi connectivity index (χ0v) is 13.9. The standard InChI is InChI=1S/C19H18N4O/c1-12(2)14-8-10-15(11-9-14)23-18(24)16-6-4-5-7-17(16)22-13(3)20-21-19(22)23/h4-12H,1-3H3. The van der Waals surface area contributed by atoms with E-state index in [0.29, 0.717) is 17.1 Å². The van der Waals surface area contributed by atoms with E-state index in [-0.39, 0.29) is 5.56 Å². The van der Waals surface area contributed by atoms with E-state index >= 15 is 0 Å². The Morgan fingerprint density at radius 1 is 0.958 bits per heavy atom. The molecule has 0 aliphatic heterocycles. The molecule has 0 saturated carbocycles. The molecule has 0 fully saturated rings. The number of aryl methyl sites for hydroxylation is 1. The van der Waals surface area contributed by atoms with Gasteiger partial charge in [0.2, 0.25) is 5.78 Å². The molecule has 4 aromatic rings. The number of nitrogens with zero attached hydrogens (tertiary/aromatic N) is 4. The van der Waals surface area contributed by atoms with Crippen molar-refractivity contribution in [1.29, 1.82) is 0 Å². The number of fused-ring (bicyclic) bond motifs is 3. The Bertz CT molecular complexity index is 1100. The van der Waals surface area contributed by atoms with Crippen LogP contribution in [0.1, 0.15) is 31.2 Å². The summed E-state index contributed by atoms with van der Waals surface area (Å²) in [5.74, 6) is 1.74. The van der Waals surface area contributed by atoms with Crippen LogP contribution in [-0.2, 0) is 0 Å². The molecule has 5 nitrogen and oxygen atoms in total. The number of benzene rings is 2. The van der Waals surface area contributed by atoms with Crippen molar-refractivity contribution in [3.63, 3.8) is 0 Å². The van der Waals surface area contributed by atoms with Gasteiger partial charge in [0.25, 0.3) is 5.56 Å². The molecule has 0 saturated heterocycles. The minimum absolute atomic E-state index is 0.0807. The van der Waals surface area contributed by atoms with Crippen molar-refractivity contribution in [2.75, 3.05) is 0 Å². The topological polar surface area (TPSA) is 52.2 Å². The van der Waals surface area contributed by atoms with Gasteiger partial charge in [-0.3, -0.25) is 9.20 Å². The fraction of sp³-hybridized carbons (Fsp3) is 0.211. The van der Waals surface area contributed by atoms with Gasteiger partial charge in [0.15, 0.2) is 0 Å². The van der Waals surface area contributed by atoms with Crippen LogP contribution in [0.5, 0.6) is 0 Å². The maximum Gasteiger partial charge on any atom is 0.267 e. The lowest BCUT2D eigenvalue weighted by atomic mass is 10.0. The lowest BCUT2D eigenvalue weighted by Gasteiger charge is -2.12. The van der Waals surface area contributed by atoms with Crippen molar-refractivity contribution in [1.82, 2.24) is 19.2 Å². The lowest BCUT2D eigenvalue weighted by molar-refractivity contribution is 0.864. The summed E-state index contributed by atoms with van der Waals surface area (Å²) in [5.41, 5.74) is 2.78. The fourth-order valence-electron chi connectivity index (χ4n) is 3.08. The van der Waals surface area contributed by atoms with Crippen molar-refractivity contribution in [2.24, 2.45) is 0 Å². The van der Waals surface area contributed by atoms with Gasteiger partial charge in [-0.1, -0.05) is 38.1 Å². The number of hydrogen-bond acceptors (Lipinski definition) is 3. The number of hydrogen-bond donors (Lipinski definition) is 0. The Morgan fingerprint density at radius 3 is 2.38 bits per heavy atom. The van der Waals surface area contributed by atoms with Crippen LogP contribution in [0.15, 0.2) is 53.3 Å². The Balaban J connectivity index is 2.10. The van der Waals surface area contributed by atoms with Gasteiger partial charge in [0, 0.05) is 0 Å². The van der Waals surface area contributed by atoms with Gasteiger partial charge in [0.05, 0.1) is 16.6 Å². The SMILES string of the molecule is Cc1nnc2n(-c3ccc(C(C)C)cc3)c(=O)c3ccccc3n12. The zero-order chi connectivity index (χ0) is 16.8. The molecule has 0 bridgehead atoms. The van der Waals surface area contributed by atoms with Crippen LogP contribution in [0.25, 0.3) is 22.4 Å². The van der Waals surface area contributed by atoms with Crippen molar-refractivity contribution >= 4 is 16.7 Å². The summed E-state index contributed by atoms with van der Waals surface area (Å²) in [6, 6.07) is 15.6. The van der Waals surface area contributed by atoms with E-state index in [0.717, 1.165) is 17.0 Å². The van der Waals surface area contributed by atoms with Gasteiger partial charge >= 0.3 is 0 Å². The number of para-hydroxylation sites is 1. The van der Waals surface area contributed by atoms with Crippen molar-refractivity contribution in [3.05, 3.63) is 70.3 Å². The second-order valence-electron chi connectivity index (χ2n) is 6.29. The molecule has 0 radical (unpaired) electrons. The maximum absolute atomic E-state index is 13.1. The van der Waals surface area contributed by atoms with Crippen molar-refractivity contribution in [3.8, 4) is 5.69 Å². The Morgan fingerprint density at radius 2 is 1.67 bits per heavy atom. The molecule has 120 valence electrons. The van der Waals surface area contributed by atoms with E-state index in [4.69, 9.17) is 0 Å². The predicted molar refractivity (Wildman–Crippen MR) is 94.9 cm³/mol. The Kier molecular flexibility index (Phi) is 3.23. The zero-order valence-electron chi connectivity index (χ0n) is 13.9. The van der Waals surface area contributed by atoms with Gasteiger partial charge < -0.3 is 0 Å². The quantitative estimate of drug-likeness (QED) is 0.569. The highest BCUT2D eigenvalue weighted by Crippen LogP contribution is 2.20. The first-order chi connectivity index (χ1) is 11.6. The number of rotatable bonds is 2. The molecule has 5 heteroatoms. The van der Waals surface area contributed by atoms with Crippen molar-refractivity contribution < 1.29 is 0 Å². The second kappa shape index (κ2) is 5.30. The van der Waals surface area contributed by atoms with E-state index in [1.54, 1.807) is 4.57 Å². The van der Waals surface area contributed by atoms with Gasteiger partial charge in [-0.15, -0.1) is 10.2 Å². The van der Waals surface area contributed by atoms with E-state index in [2.05, 4.69) is 36.2 Å². The highest BCUT2D eigenvalue weighted by Gasteiger charge is 2.15. The van der Waals surface area contributed by atoms with Crippen LogP contribution in [0, 0.1) is 6.92 Å². The first kappa shape index (κ1) is 14.6. The normalized spacial score (nSPS) is 11.7. The van der Waals surface area contributed by atoms with Crippen LogP contribution in [0.2, 0.25) is 0 Å². The molecule has 24 heavy (non-hydrogen) atoms. The minimum atomic E-state index is -0.0807. The van der Waals surface area contributed by atoms with Crippen LogP contribution in [0.4, 0.5) is 0 Å². The fourth-order valence-corrected chi connectivity index (χ4v) is 3.08. The monoisotopic (exact) mass is 318 g/mol. The first-order valence-electron chi connectivity index (χ1n) is 8.04. The first-order valence-corrected chi connectivity index (χ1v) is 8.04. The summed E-state index contributed by atoms with van der Waals surface area (Å²) in [5, 5.41) is 9.06. The molecular formula is C19H18N4O. The molecule has 0 unspecified atom stereocenters. The average molecular weight is 318 g/mol.